The highest BCUT2D eigenvalue weighted by atomic mass is 31.2. The molecular formula is C20H28NO3P. The van der Waals surface area contributed by atoms with Crippen molar-refractivity contribution in [3.63, 3.8) is 0 Å². The molecule has 0 bridgehead atoms. The summed E-state index contributed by atoms with van der Waals surface area (Å²) >= 11 is 0. The molecule has 0 aromatic heterocycles. The summed E-state index contributed by atoms with van der Waals surface area (Å²) in [4.78, 5) is 0. The second-order valence-corrected chi connectivity index (χ2v) is 8.47. The Bertz CT molecular complexity index is 618. The molecule has 5 heteroatoms. The van der Waals surface area contributed by atoms with E-state index in [4.69, 9.17) is 9.05 Å². The Hall–Kier alpha value is -1.45. The molecule has 0 saturated carbocycles. The SMILES string of the molecule is CC(C)N(C(C)C)P(=O)(OCc1ccccc1)OCc1ccccc1. The Morgan fingerprint density at radius 1 is 0.760 bits per heavy atom. The molecule has 136 valence electrons. The van der Waals surface area contributed by atoms with Crippen molar-refractivity contribution in [3.05, 3.63) is 71.8 Å². The average molecular weight is 361 g/mol. The van der Waals surface area contributed by atoms with E-state index in [2.05, 4.69) is 0 Å². The van der Waals surface area contributed by atoms with E-state index in [1.165, 1.54) is 0 Å². The Kier molecular flexibility index (Phi) is 7.39. The van der Waals surface area contributed by atoms with Crippen molar-refractivity contribution >= 4 is 7.75 Å². The fourth-order valence-electron chi connectivity index (χ4n) is 2.79. The van der Waals surface area contributed by atoms with Crippen LogP contribution in [0.5, 0.6) is 0 Å². The molecule has 0 fully saturated rings. The summed E-state index contributed by atoms with van der Waals surface area (Å²) in [6.45, 7) is 8.52. The van der Waals surface area contributed by atoms with E-state index in [1.807, 2.05) is 93.0 Å². The average Bonchev–Trinajstić information content (AvgIpc) is 2.59. The Morgan fingerprint density at radius 3 is 1.44 bits per heavy atom. The van der Waals surface area contributed by atoms with Crippen molar-refractivity contribution in [1.82, 2.24) is 4.67 Å². The zero-order chi connectivity index (χ0) is 18.3. The van der Waals surface area contributed by atoms with Crippen molar-refractivity contribution in [2.24, 2.45) is 0 Å². The molecule has 0 radical (unpaired) electrons. The number of rotatable bonds is 9. The first-order chi connectivity index (χ1) is 11.9. The molecule has 0 unspecified atom stereocenters. The summed E-state index contributed by atoms with van der Waals surface area (Å²) in [5, 5.41) is 0. The molecule has 2 aromatic rings. The molecule has 0 atom stereocenters. The van der Waals surface area contributed by atoms with Crippen molar-refractivity contribution < 1.29 is 13.6 Å². The standard InChI is InChI=1S/C20H28NO3P/c1-17(2)21(18(3)4)25(22,23-15-19-11-7-5-8-12-19)24-16-20-13-9-6-10-14-20/h5-14,17-18H,15-16H2,1-4H3. The smallest absolute Gasteiger partial charge is 0.292 e. The summed E-state index contributed by atoms with van der Waals surface area (Å²) in [5.41, 5.74) is 1.94. The molecule has 0 aliphatic carbocycles. The largest absolute Gasteiger partial charge is 0.409 e. The van der Waals surface area contributed by atoms with Crippen LogP contribution in [0.4, 0.5) is 0 Å². The molecule has 0 heterocycles. The van der Waals surface area contributed by atoms with Gasteiger partial charge in [0.05, 0.1) is 13.2 Å². The van der Waals surface area contributed by atoms with Crippen LogP contribution in [0.15, 0.2) is 60.7 Å². The summed E-state index contributed by atoms with van der Waals surface area (Å²) in [6.07, 6.45) is 0. The van der Waals surface area contributed by atoms with Gasteiger partial charge >= 0.3 is 7.75 Å². The van der Waals surface area contributed by atoms with Gasteiger partial charge in [0.1, 0.15) is 0 Å². The molecule has 0 aliphatic heterocycles. The molecule has 2 rings (SSSR count). The van der Waals surface area contributed by atoms with Crippen LogP contribution in [-0.2, 0) is 26.8 Å². The van der Waals surface area contributed by atoms with Crippen molar-refractivity contribution in [2.75, 3.05) is 0 Å². The van der Waals surface area contributed by atoms with Gasteiger partial charge in [-0.2, -0.15) is 0 Å². The van der Waals surface area contributed by atoms with Crippen LogP contribution in [0.3, 0.4) is 0 Å². The van der Waals surface area contributed by atoms with Gasteiger partial charge in [-0.3, -0.25) is 9.05 Å². The van der Waals surface area contributed by atoms with Crippen molar-refractivity contribution in [3.8, 4) is 0 Å². The second kappa shape index (κ2) is 9.30. The highest BCUT2D eigenvalue weighted by Crippen LogP contribution is 2.55. The van der Waals surface area contributed by atoms with Crippen LogP contribution in [0.25, 0.3) is 0 Å². The van der Waals surface area contributed by atoms with Gasteiger partial charge in [0.25, 0.3) is 0 Å². The van der Waals surface area contributed by atoms with Crippen LogP contribution >= 0.6 is 7.75 Å². The maximum atomic E-state index is 13.6. The number of benzene rings is 2. The molecule has 0 amide bonds. The minimum atomic E-state index is -3.44. The van der Waals surface area contributed by atoms with E-state index in [9.17, 15) is 4.57 Å². The molecule has 25 heavy (non-hydrogen) atoms. The van der Waals surface area contributed by atoms with Gasteiger partial charge in [-0.15, -0.1) is 0 Å². The van der Waals surface area contributed by atoms with E-state index in [0.29, 0.717) is 0 Å². The van der Waals surface area contributed by atoms with Gasteiger partial charge in [-0.05, 0) is 38.8 Å². The molecule has 0 spiro atoms. The first kappa shape index (κ1) is 19.9. The lowest BCUT2D eigenvalue weighted by atomic mass is 10.2. The highest BCUT2D eigenvalue weighted by molar-refractivity contribution is 7.51. The molecular weight excluding hydrogens is 333 g/mol. The quantitative estimate of drug-likeness (QED) is 0.541. The minimum absolute atomic E-state index is 0.0392. The third-order valence-electron chi connectivity index (χ3n) is 3.82. The van der Waals surface area contributed by atoms with E-state index in [0.717, 1.165) is 11.1 Å². The van der Waals surface area contributed by atoms with Crippen LogP contribution in [-0.4, -0.2) is 16.8 Å². The van der Waals surface area contributed by atoms with E-state index in [-0.39, 0.29) is 25.3 Å². The maximum absolute atomic E-state index is 13.6. The van der Waals surface area contributed by atoms with E-state index < -0.39 is 7.75 Å². The van der Waals surface area contributed by atoms with Crippen molar-refractivity contribution in [1.29, 1.82) is 0 Å². The van der Waals surface area contributed by atoms with Gasteiger partial charge in [0.15, 0.2) is 0 Å². The summed E-state index contributed by atoms with van der Waals surface area (Å²) in [5.74, 6) is 0. The van der Waals surface area contributed by atoms with Crippen molar-refractivity contribution in [2.45, 2.75) is 53.0 Å². The maximum Gasteiger partial charge on any atom is 0.409 e. The summed E-state index contributed by atoms with van der Waals surface area (Å²) < 4.78 is 27.2. The molecule has 0 saturated heterocycles. The minimum Gasteiger partial charge on any atom is -0.292 e. The predicted molar refractivity (Wildman–Crippen MR) is 102 cm³/mol. The van der Waals surface area contributed by atoms with Crippen LogP contribution in [0.2, 0.25) is 0 Å². The van der Waals surface area contributed by atoms with Crippen LogP contribution in [0, 0.1) is 0 Å². The number of hydrogen-bond donors (Lipinski definition) is 0. The van der Waals surface area contributed by atoms with Crippen LogP contribution in [0.1, 0.15) is 38.8 Å². The van der Waals surface area contributed by atoms with Gasteiger partial charge in [-0.25, -0.2) is 9.24 Å². The molecule has 0 aliphatic rings. The normalized spacial score (nSPS) is 12.3. The fraction of sp³-hybridized carbons (Fsp3) is 0.400. The third-order valence-corrected chi connectivity index (χ3v) is 6.22. The van der Waals surface area contributed by atoms with Crippen LogP contribution < -0.4 is 0 Å². The predicted octanol–water partition coefficient (Wildman–Crippen LogP) is 5.65. The van der Waals surface area contributed by atoms with E-state index >= 15 is 0 Å². The number of nitrogens with zero attached hydrogens (tertiary/aromatic N) is 1. The zero-order valence-corrected chi connectivity index (χ0v) is 16.4. The zero-order valence-electron chi connectivity index (χ0n) is 15.5. The summed E-state index contributed by atoms with van der Waals surface area (Å²) in [7, 11) is -3.44. The molecule has 0 N–H and O–H groups in total. The Morgan fingerprint density at radius 2 is 1.12 bits per heavy atom. The first-order valence-corrected chi connectivity index (χ1v) is 10.2. The van der Waals surface area contributed by atoms with Gasteiger partial charge in [0.2, 0.25) is 0 Å². The lowest BCUT2D eigenvalue weighted by Gasteiger charge is -2.36. The first-order valence-electron chi connectivity index (χ1n) is 8.68. The lowest BCUT2D eigenvalue weighted by Crippen LogP contribution is -2.35. The van der Waals surface area contributed by atoms with Gasteiger partial charge in [0, 0.05) is 12.1 Å². The third kappa shape index (κ3) is 5.79. The van der Waals surface area contributed by atoms with Gasteiger partial charge in [-0.1, -0.05) is 60.7 Å². The lowest BCUT2D eigenvalue weighted by molar-refractivity contribution is 0.121. The monoisotopic (exact) mass is 361 g/mol. The highest BCUT2D eigenvalue weighted by Gasteiger charge is 2.37. The Labute approximate surface area is 151 Å². The summed E-state index contributed by atoms with van der Waals surface area (Å²) in [6, 6.07) is 19.6. The van der Waals surface area contributed by atoms with E-state index in [1.54, 1.807) is 0 Å². The second-order valence-electron chi connectivity index (χ2n) is 6.55. The number of hydrogen-bond acceptors (Lipinski definition) is 3. The molecule has 4 nitrogen and oxygen atoms in total. The fourth-order valence-corrected chi connectivity index (χ4v) is 4.89. The topological polar surface area (TPSA) is 38.8 Å². The Balaban J connectivity index is 2.18. The molecule has 2 aromatic carbocycles. The van der Waals surface area contributed by atoms with Gasteiger partial charge < -0.3 is 0 Å².